The first-order valence-corrected chi connectivity index (χ1v) is 6.07. The van der Waals surface area contributed by atoms with Crippen LogP contribution in [-0.4, -0.2) is 17.0 Å². The Balaban J connectivity index is 2.37. The molecule has 0 radical (unpaired) electrons. The van der Waals surface area contributed by atoms with E-state index in [2.05, 4.69) is 20.6 Å². The molecule has 0 amide bonds. The third kappa shape index (κ3) is 3.53. The van der Waals surface area contributed by atoms with E-state index in [-0.39, 0.29) is 5.95 Å². The molecular formula is C13H14F3N5. The normalized spacial score (nSPS) is 11.3. The van der Waals surface area contributed by atoms with Crippen LogP contribution >= 0.6 is 0 Å². The Kier molecular flexibility index (Phi) is 3.88. The number of nitrogen functional groups attached to an aromatic ring is 1. The fraction of sp³-hybridized carbons (Fsp3) is 0.231. The van der Waals surface area contributed by atoms with E-state index in [0.717, 1.165) is 12.1 Å². The molecule has 0 aliphatic carbocycles. The van der Waals surface area contributed by atoms with Gasteiger partial charge in [-0.25, -0.2) is 0 Å². The molecule has 0 saturated heterocycles. The standard InChI is InChI=1S/C13H14F3N5/c1-7-3-4-8(13(14,15)16)5-9(7)19-11-6-10(18-2)20-12(17)21-11/h3-6H,1-2H3,(H4,17,18,19,20,21). The van der Waals surface area contributed by atoms with Crippen molar-refractivity contribution in [2.24, 2.45) is 0 Å². The molecule has 0 saturated carbocycles. The minimum absolute atomic E-state index is 0.0222. The molecule has 0 fully saturated rings. The van der Waals surface area contributed by atoms with E-state index in [4.69, 9.17) is 5.73 Å². The summed E-state index contributed by atoms with van der Waals surface area (Å²) in [6, 6.07) is 5.02. The van der Waals surface area contributed by atoms with Crippen LogP contribution in [0.25, 0.3) is 0 Å². The predicted octanol–water partition coefficient (Wildman–Crippen LogP) is 3.17. The van der Waals surface area contributed by atoms with E-state index in [0.29, 0.717) is 22.9 Å². The molecule has 0 atom stereocenters. The predicted molar refractivity (Wildman–Crippen MR) is 75.5 cm³/mol. The molecular weight excluding hydrogens is 283 g/mol. The van der Waals surface area contributed by atoms with E-state index < -0.39 is 11.7 Å². The lowest BCUT2D eigenvalue weighted by Gasteiger charge is -2.13. The molecule has 0 aliphatic rings. The third-order valence-electron chi connectivity index (χ3n) is 2.83. The summed E-state index contributed by atoms with van der Waals surface area (Å²) in [6.07, 6.45) is -4.40. The Hall–Kier alpha value is -2.51. The lowest BCUT2D eigenvalue weighted by Crippen LogP contribution is -2.07. The highest BCUT2D eigenvalue weighted by molar-refractivity contribution is 5.64. The van der Waals surface area contributed by atoms with Gasteiger partial charge < -0.3 is 16.4 Å². The van der Waals surface area contributed by atoms with Crippen molar-refractivity contribution in [3.05, 3.63) is 35.4 Å². The average Bonchev–Trinajstić information content (AvgIpc) is 2.39. The van der Waals surface area contributed by atoms with E-state index in [1.165, 1.54) is 6.07 Å². The van der Waals surface area contributed by atoms with Gasteiger partial charge in [0.2, 0.25) is 5.95 Å². The molecule has 1 heterocycles. The summed E-state index contributed by atoms with van der Waals surface area (Å²) in [5.74, 6) is 0.804. The molecule has 1 aromatic carbocycles. The maximum Gasteiger partial charge on any atom is 0.416 e. The Morgan fingerprint density at radius 2 is 1.76 bits per heavy atom. The van der Waals surface area contributed by atoms with Gasteiger partial charge in [0.1, 0.15) is 11.6 Å². The van der Waals surface area contributed by atoms with Crippen molar-refractivity contribution < 1.29 is 13.2 Å². The van der Waals surface area contributed by atoms with Crippen LogP contribution < -0.4 is 16.4 Å². The summed E-state index contributed by atoms with van der Waals surface area (Å²) < 4.78 is 38.2. The van der Waals surface area contributed by atoms with Crippen molar-refractivity contribution in [2.45, 2.75) is 13.1 Å². The van der Waals surface area contributed by atoms with Crippen LogP contribution in [0.5, 0.6) is 0 Å². The second-order valence-corrected chi connectivity index (χ2v) is 4.40. The van der Waals surface area contributed by atoms with Gasteiger partial charge in [-0.1, -0.05) is 6.07 Å². The largest absolute Gasteiger partial charge is 0.416 e. The molecule has 2 aromatic rings. The zero-order chi connectivity index (χ0) is 15.6. The lowest BCUT2D eigenvalue weighted by atomic mass is 10.1. The molecule has 4 N–H and O–H groups in total. The van der Waals surface area contributed by atoms with Gasteiger partial charge in [0, 0.05) is 18.8 Å². The van der Waals surface area contributed by atoms with E-state index in [1.807, 2.05) is 0 Å². The SMILES string of the molecule is CNc1cc(Nc2cc(C(F)(F)F)ccc2C)nc(N)n1. The molecule has 112 valence electrons. The van der Waals surface area contributed by atoms with E-state index >= 15 is 0 Å². The number of aryl methyl sites for hydroxylation is 1. The highest BCUT2D eigenvalue weighted by Gasteiger charge is 2.30. The monoisotopic (exact) mass is 297 g/mol. The fourth-order valence-electron chi connectivity index (χ4n) is 1.73. The molecule has 21 heavy (non-hydrogen) atoms. The minimum Gasteiger partial charge on any atom is -0.373 e. The van der Waals surface area contributed by atoms with Gasteiger partial charge in [0.15, 0.2) is 0 Å². The number of nitrogens with one attached hydrogen (secondary N) is 2. The average molecular weight is 297 g/mol. The molecule has 0 unspecified atom stereocenters. The van der Waals surface area contributed by atoms with Crippen molar-refractivity contribution in [1.29, 1.82) is 0 Å². The van der Waals surface area contributed by atoms with Crippen molar-refractivity contribution >= 4 is 23.3 Å². The maximum atomic E-state index is 12.7. The third-order valence-corrected chi connectivity index (χ3v) is 2.83. The second-order valence-electron chi connectivity index (χ2n) is 4.40. The van der Waals surface area contributed by atoms with Gasteiger partial charge in [-0.05, 0) is 24.6 Å². The van der Waals surface area contributed by atoms with Crippen molar-refractivity contribution in [1.82, 2.24) is 9.97 Å². The number of benzene rings is 1. The Morgan fingerprint density at radius 3 is 2.38 bits per heavy atom. The zero-order valence-corrected chi connectivity index (χ0v) is 11.4. The van der Waals surface area contributed by atoms with Crippen molar-refractivity contribution in [3.63, 3.8) is 0 Å². The molecule has 0 bridgehead atoms. The summed E-state index contributed by atoms with van der Waals surface area (Å²) in [4.78, 5) is 7.85. The molecule has 5 nitrogen and oxygen atoms in total. The molecule has 0 aliphatic heterocycles. The maximum absolute atomic E-state index is 12.7. The molecule has 8 heteroatoms. The first-order chi connectivity index (χ1) is 9.79. The van der Waals surface area contributed by atoms with Gasteiger partial charge in [0.05, 0.1) is 5.56 Å². The summed E-state index contributed by atoms with van der Waals surface area (Å²) in [6.45, 7) is 1.70. The summed E-state index contributed by atoms with van der Waals surface area (Å²) in [5, 5.41) is 5.62. The first-order valence-electron chi connectivity index (χ1n) is 6.07. The van der Waals surface area contributed by atoms with Gasteiger partial charge >= 0.3 is 6.18 Å². The number of hydrogen-bond donors (Lipinski definition) is 3. The summed E-state index contributed by atoms with van der Waals surface area (Å²) >= 11 is 0. The number of hydrogen-bond acceptors (Lipinski definition) is 5. The highest BCUT2D eigenvalue weighted by Crippen LogP contribution is 2.33. The fourth-order valence-corrected chi connectivity index (χ4v) is 1.73. The Bertz CT molecular complexity index is 655. The first kappa shape index (κ1) is 14.9. The highest BCUT2D eigenvalue weighted by atomic mass is 19.4. The van der Waals surface area contributed by atoms with Crippen LogP contribution in [0.15, 0.2) is 24.3 Å². The van der Waals surface area contributed by atoms with Gasteiger partial charge in [0.25, 0.3) is 0 Å². The van der Waals surface area contributed by atoms with Crippen LogP contribution in [0, 0.1) is 6.92 Å². The van der Waals surface area contributed by atoms with E-state index in [1.54, 1.807) is 20.0 Å². The number of halogens is 3. The Labute approximate surface area is 119 Å². The number of anilines is 4. The molecule has 0 spiro atoms. The van der Waals surface area contributed by atoms with Crippen LogP contribution in [-0.2, 0) is 6.18 Å². The smallest absolute Gasteiger partial charge is 0.373 e. The van der Waals surface area contributed by atoms with Gasteiger partial charge in [-0.15, -0.1) is 0 Å². The zero-order valence-electron chi connectivity index (χ0n) is 11.4. The number of nitrogens with two attached hydrogens (primary N) is 1. The molecule has 1 aromatic heterocycles. The van der Waals surface area contributed by atoms with Crippen molar-refractivity contribution in [3.8, 4) is 0 Å². The Morgan fingerprint density at radius 1 is 1.10 bits per heavy atom. The second kappa shape index (κ2) is 5.47. The van der Waals surface area contributed by atoms with Gasteiger partial charge in [-0.2, -0.15) is 23.1 Å². The summed E-state index contributed by atoms with van der Waals surface area (Å²) in [7, 11) is 1.65. The topological polar surface area (TPSA) is 75.9 Å². The lowest BCUT2D eigenvalue weighted by molar-refractivity contribution is -0.137. The van der Waals surface area contributed by atoms with E-state index in [9.17, 15) is 13.2 Å². The van der Waals surface area contributed by atoms with Crippen molar-refractivity contribution in [2.75, 3.05) is 23.4 Å². The minimum atomic E-state index is -4.40. The molecule has 2 rings (SSSR count). The summed E-state index contributed by atoms with van der Waals surface area (Å²) in [5.41, 5.74) is 5.78. The number of aromatic nitrogens is 2. The van der Waals surface area contributed by atoms with Crippen LogP contribution in [0.4, 0.5) is 36.4 Å². The number of rotatable bonds is 3. The van der Waals surface area contributed by atoms with Crippen LogP contribution in [0.1, 0.15) is 11.1 Å². The number of nitrogens with zero attached hydrogens (tertiary/aromatic N) is 2. The van der Waals surface area contributed by atoms with Crippen LogP contribution in [0.3, 0.4) is 0 Å². The van der Waals surface area contributed by atoms with Gasteiger partial charge in [-0.3, -0.25) is 0 Å². The quantitative estimate of drug-likeness (QED) is 0.811. The van der Waals surface area contributed by atoms with Crippen LogP contribution in [0.2, 0.25) is 0 Å². The number of alkyl halides is 3.